The first kappa shape index (κ1) is 25.6. The first-order valence-corrected chi connectivity index (χ1v) is 11.5. The highest BCUT2D eigenvalue weighted by Crippen LogP contribution is 2.24. The fourth-order valence-corrected chi connectivity index (χ4v) is 3.72. The van der Waals surface area contributed by atoms with Gasteiger partial charge in [0.1, 0.15) is 5.75 Å². The molecule has 0 fully saturated rings. The number of benzene rings is 3. The van der Waals surface area contributed by atoms with Gasteiger partial charge in [0.2, 0.25) is 5.82 Å². The molecule has 12 heteroatoms. The van der Waals surface area contributed by atoms with Crippen LogP contribution in [0.15, 0.2) is 79.1 Å². The molecular formula is C27H18F5N5O2. The largest absolute Gasteiger partial charge is 0.471 e. The number of carbonyl (C=O) groups excluding carboxylic acids is 1. The van der Waals surface area contributed by atoms with Crippen molar-refractivity contribution in [2.24, 2.45) is 0 Å². The minimum Gasteiger partial charge on any atom is -0.471 e. The van der Waals surface area contributed by atoms with Crippen molar-refractivity contribution in [1.29, 1.82) is 0 Å². The lowest BCUT2D eigenvalue weighted by molar-refractivity contribution is 0.101. The highest BCUT2D eigenvalue weighted by molar-refractivity contribution is 6.02. The molecule has 2 aromatic heterocycles. The Labute approximate surface area is 218 Å². The number of carbonyl (C=O) groups is 1. The molecule has 1 amide bonds. The second-order valence-electron chi connectivity index (χ2n) is 8.31. The first-order chi connectivity index (χ1) is 18.8. The molecule has 0 spiro atoms. The van der Waals surface area contributed by atoms with E-state index in [1.165, 1.54) is 29.2 Å². The zero-order chi connectivity index (χ0) is 27.5. The Hall–Kier alpha value is -5.00. The number of halogens is 5. The molecule has 0 aliphatic heterocycles. The van der Waals surface area contributed by atoms with Gasteiger partial charge in [-0.1, -0.05) is 42.5 Å². The van der Waals surface area contributed by atoms with E-state index < -0.39 is 47.1 Å². The predicted octanol–water partition coefficient (Wildman–Crippen LogP) is 5.78. The fraction of sp³-hybridized carbons (Fsp3) is 0.0741. The van der Waals surface area contributed by atoms with Crippen LogP contribution in [0, 0.1) is 29.1 Å². The van der Waals surface area contributed by atoms with Crippen molar-refractivity contribution in [3.05, 3.63) is 119 Å². The van der Waals surface area contributed by atoms with Crippen LogP contribution in [-0.2, 0) is 13.3 Å². The average molecular weight is 539 g/mol. The maximum atomic E-state index is 13.9. The van der Waals surface area contributed by atoms with E-state index in [0.29, 0.717) is 5.75 Å². The lowest BCUT2D eigenvalue weighted by Crippen LogP contribution is -2.15. The van der Waals surface area contributed by atoms with Crippen molar-refractivity contribution >= 4 is 11.7 Å². The van der Waals surface area contributed by atoms with E-state index >= 15 is 0 Å². The Morgan fingerprint density at radius 3 is 2.03 bits per heavy atom. The molecule has 39 heavy (non-hydrogen) atoms. The van der Waals surface area contributed by atoms with E-state index in [2.05, 4.69) is 15.5 Å². The molecule has 0 saturated heterocycles. The molecule has 1 N–H and O–H groups in total. The van der Waals surface area contributed by atoms with Gasteiger partial charge in [0.15, 0.2) is 41.5 Å². The third-order valence-electron chi connectivity index (χ3n) is 5.70. The van der Waals surface area contributed by atoms with Gasteiger partial charge >= 0.3 is 0 Å². The van der Waals surface area contributed by atoms with Crippen LogP contribution < -0.4 is 10.1 Å². The summed E-state index contributed by atoms with van der Waals surface area (Å²) in [5.74, 6) is -10.3. The summed E-state index contributed by atoms with van der Waals surface area (Å²) in [6, 6.07) is 20.1. The molecule has 198 valence electrons. The molecule has 0 atom stereocenters. The number of nitrogens with one attached hydrogen (secondary N) is 1. The summed E-state index contributed by atoms with van der Waals surface area (Å²) in [5, 5.41) is 10.5. The number of hydrogen-bond donors (Lipinski definition) is 1. The normalized spacial score (nSPS) is 11.0. The van der Waals surface area contributed by atoms with Crippen LogP contribution in [0.1, 0.15) is 16.1 Å². The standard InChI is InChI=1S/C27H18F5N5O2/c28-22-19(23(29)25(31)26(32)24(22)30)14-36-13-11-21(35-36)33-27(38)20-10-12-37(34-20)15-39-18-8-6-17(7-9-18)16-4-2-1-3-5-16/h1-13H,14-15H2,(H,33,35,38). The zero-order valence-corrected chi connectivity index (χ0v) is 19.9. The molecule has 5 rings (SSSR count). The Morgan fingerprint density at radius 2 is 1.33 bits per heavy atom. The molecule has 3 aromatic carbocycles. The minimum atomic E-state index is -2.24. The Kier molecular flexibility index (Phi) is 7.08. The maximum Gasteiger partial charge on any atom is 0.277 e. The number of hydrogen-bond acceptors (Lipinski definition) is 4. The summed E-state index contributed by atoms with van der Waals surface area (Å²) in [6.07, 6.45) is 2.75. The van der Waals surface area contributed by atoms with E-state index in [1.54, 1.807) is 0 Å². The molecular weight excluding hydrogens is 521 g/mol. The molecule has 0 unspecified atom stereocenters. The van der Waals surface area contributed by atoms with E-state index in [9.17, 15) is 26.7 Å². The van der Waals surface area contributed by atoms with Crippen molar-refractivity contribution in [2.45, 2.75) is 13.3 Å². The Bertz CT molecular complexity index is 1610. The van der Waals surface area contributed by atoms with E-state index in [1.807, 2.05) is 54.6 Å². The van der Waals surface area contributed by atoms with Gasteiger partial charge in [-0.05, 0) is 29.3 Å². The van der Waals surface area contributed by atoms with Gasteiger partial charge < -0.3 is 10.1 Å². The van der Waals surface area contributed by atoms with Gasteiger partial charge in [0, 0.05) is 18.5 Å². The summed E-state index contributed by atoms with van der Waals surface area (Å²) < 4.78 is 76.0. The van der Waals surface area contributed by atoms with Gasteiger partial charge in [-0.2, -0.15) is 10.2 Å². The van der Waals surface area contributed by atoms with Crippen LogP contribution in [0.4, 0.5) is 27.8 Å². The smallest absolute Gasteiger partial charge is 0.277 e. The van der Waals surface area contributed by atoms with E-state index in [4.69, 9.17) is 4.74 Å². The van der Waals surface area contributed by atoms with E-state index in [0.717, 1.165) is 15.8 Å². The molecule has 0 saturated carbocycles. The first-order valence-electron chi connectivity index (χ1n) is 11.5. The number of aromatic nitrogens is 4. The number of ether oxygens (including phenoxy) is 1. The summed E-state index contributed by atoms with van der Waals surface area (Å²) in [6.45, 7) is -0.714. The lowest BCUT2D eigenvalue weighted by Gasteiger charge is -2.08. The van der Waals surface area contributed by atoms with Gasteiger partial charge in [-0.15, -0.1) is 0 Å². The lowest BCUT2D eigenvalue weighted by atomic mass is 10.1. The predicted molar refractivity (Wildman–Crippen MR) is 130 cm³/mol. The van der Waals surface area contributed by atoms with Gasteiger partial charge in [0.25, 0.3) is 5.91 Å². The summed E-state index contributed by atoms with van der Waals surface area (Å²) in [5.41, 5.74) is 1.10. The van der Waals surface area contributed by atoms with Crippen molar-refractivity contribution in [2.75, 3.05) is 5.32 Å². The third kappa shape index (κ3) is 5.49. The number of rotatable bonds is 8. The quantitative estimate of drug-likeness (QED) is 0.154. The highest BCUT2D eigenvalue weighted by Gasteiger charge is 2.26. The number of amides is 1. The monoisotopic (exact) mass is 539 g/mol. The van der Waals surface area contributed by atoms with Gasteiger partial charge in [-0.25, -0.2) is 26.6 Å². The summed E-state index contributed by atoms with van der Waals surface area (Å²) in [4.78, 5) is 12.5. The SMILES string of the molecule is O=C(Nc1ccn(Cc2c(F)c(F)c(F)c(F)c2F)n1)c1ccn(COc2ccc(-c3ccccc3)cc2)n1. The molecule has 0 bridgehead atoms. The average Bonchev–Trinajstić information content (AvgIpc) is 3.62. The van der Waals surface area contributed by atoms with Crippen molar-refractivity contribution < 1.29 is 31.5 Å². The summed E-state index contributed by atoms with van der Waals surface area (Å²) in [7, 11) is 0. The molecule has 5 aromatic rings. The van der Waals surface area contributed by atoms with Crippen molar-refractivity contribution in [3.8, 4) is 16.9 Å². The van der Waals surface area contributed by atoms with Crippen molar-refractivity contribution in [1.82, 2.24) is 19.6 Å². The van der Waals surface area contributed by atoms with Crippen LogP contribution in [0.25, 0.3) is 11.1 Å². The van der Waals surface area contributed by atoms with Crippen LogP contribution in [-0.4, -0.2) is 25.5 Å². The van der Waals surface area contributed by atoms with Crippen LogP contribution >= 0.6 is 0 Å². The molecule has 2 heterocycles. The van der Waals surface area contributed by atoms with Gasteiger partial charge in [-0.3, -0.25) is 9.48 Å². The van der Waals surface area contributed by atoms with Crippen LogP contribution in [0.5, 0.6) is 5.75 Å². The molecule has 0 aliphatic rings. The minimum absolute atomic E-state index is 0.0202. The fourth-order valence-electron chi connectivity index (χ4n) is 3.72. The zero-order valence-electron chi connectivity index (χ0n) is 19.9. The van der Waals surface area contributed by atoms with Crippen molar-refractivity contribution in [3.63, 3.8) is 0 Å². The van der Waals surface area contributed by atoms with Gasteiger partial charge in [0.05, 0.1) is 12.1 Å². The van der Waals surface area contributed by atoms with Crippen LogP contribution in [0.3, 0.4) is 0 Å². The third-order valence-corrected chi connectivity index (χ3v) is 5.70. The van der Waals surface area contributed by atoms with Crippen LogP contribution in [0.2, 0.25) is 0 Å². The maximum absolute atomic E-state index is 13.9. The highest BCUT2D eigenvalue weighted by atomic mass is 19.2. The molecule has 7 nitrogen and oxygen atoms in total. The Morgan fingerprint density at radius 1 is 0.718 bits per heavy atom. The number of anilines is 1. The topological polar surface area (TPSA) is 74.0 Å². The second kappa shape index (κ2) is 10.8. The Balaban J connectivity index is 1.18. The molecule has 0 aliphatic carbocycles. The number of nitrogens with zero attached hydrogens (tertiary/aromatic N) is 4. The second-order valence-corrected chi connectivity index (χ2v) is 8.31. The molecule has 0 radical (unpaired) electrons. The van der Waals surface area contributed by atoms with E-state index in [-0.39, 0.29) is 18.2 Å². The summed E-state index contributed by atoms with van der Waals surface area (Å²) >= 11 is 0.